The second-order valence-corrected chi connectivity index (χ2v) is 18.2. The van der Waals surface area contributed by atoms with Crippen LogP contribution in [0.1, 0.15) is 100 Å². The third-order valence-corrected chi connectivity index (χ3v) is 12.1. The zero-order valence-electron chi connectivity index (χ0n) is 31.8. The SMILES string of the molecule is CC1CC2C3CC(CC(O)(C(F)(F)F)C(F)(F)F)C(C3)C2OC1CC(C(=O)OC(C)(C)C)(C1CCOC1CC(C)(C(=O)OC(C)(C)C)C(F)(F)F)C(F)(F)F. The highest BCUT2D eigenvalue weighted by atomic mass is 19.4. The largest absolute Gasteiger partial charge is 0.459 e. The third kappa shape index (κ3) is 8.59. The number of carbonyl (C=O) groups is 2. The lowest BCUT2D eigenvalue weighted by molar-refractivity contribution is -0.374. The molecule has 2 saturated heterocycles. The molecule has 55 heavy (non-hydrogen) atoms. The molecule has 19 heteroatoms. The number of esters is 2. The van der Waals surface area contributed by atoms with Crippen molar-refractivity contribution in [2.45, 2.75) is 160 Å². The standard InChI is InChI=1S/C36H50F12O7/c1-17-11-20-18-12-19(14-32(51,35(43,44)45)36(46,47)48)21(13-18)25(20)53-23(17)16-31(34(40,41)42,27(50)55-29(5,6)7)22-9-10-52-24(22)15-30(8,33(37,38)39)26(49)54-28(2,3)4/h17-25,51H,9-16H2,1-8H3. The molecule has 0 aromatic heterocycles. The van der Waals surface area contributed by atoms with Gasteiger partial charge in [0.2, 0.25) is 0 Å². The molecule has 2 heterocycles. The summed E-state index contributed by atoms with van der Waals surface area (Å²) in [5.74, 6) is -9.74. The van der Waals surface area contributed by atoms with Gasteiger partial charge in [-0.1, -0.05) is 6.92 Å². The monoisotopic (exact) mass is 822 g/mol. The van der Waals surface area contributed by atoms with Gasteiger partial charge >= 0.3 is 36.6 Å². The molecule has 4 aliphatic rings. The van der Waals surface area contributed by atoms with E-state index in [9.17, 15) is 54.2 Å². The van der Waals surface area contributed by atoms with E-state index in [1.54, 1.807) is 0 Å². The fraction of sp³-hybridized carbons (Fsp3) is 0.944. The van der Waals surface area contributed by atoms with Crippen molar-refractivity contribution in [3.63, 3.8) is 0 Å². The smallest absolute Gasteiger partial charge is 0.426 e. The average molecular weight is 823 g/mol. The van der Waals surface area contributed by atoms with E-state index in [-0.39, 0.29) is 19.3 Å². The van der Waals surface area contributed by atoms with Crippen molar-refractivity contribution in [3.8, 4) is 0 Å². The van der Waals surface area contributed by atoms with Crippen LogP contribution in [0.4, 0.5) is 52.7 Å². The molecule has 11 atom stereocenters. The number of carbonyl (C=O) groups excluding carboxylic acids is 2. The van der Waals surface area contributed by atoms with Crippen molar-refractivity contribution < 1.29 is 86.3 Å². The molecule has 2 bridgehead atoms. The van der Waals surface area contributed by atoms with Gasteiger partial charge in [-0.25, -0.2) is 0 Å². The van der Waals surface area contributed by atoms with Crippen LogP contribution in [-0.4, -0.2) is 83.5 Å². The summed E-state index contributed by atoms with van der Waals surface area (Å²) in [4.78, 5) is 27.1. The number of rotatable bonds is 9. The van der Waals surface area contributed by atoms with Gasteiger partial charge in [0.05, 0.1) is 18.3 Å². The molecule has 4 rings (SSSR count). The minimum absolute atomic E-state index is 0.0982. The number of ether oxygens (including phenoxy) is 4. The predicted octanol–water partition coefficient (Wildman–Crippen LogP) is 9.28. The Morgan fingerprint density at radius 3 is 1.65 bits per heavy atom. The lowest BCUT2D eigenvalue weighted by Crippen LogP contribution is -2.60. The molecule has 0 aromatic rings. The predicted molar refractivity (Wildman–Crippen MR) is 169 cm³/mol. The van der Waals surface area contributed by atoms with Crippen LogP contribution < -0.4 is 0 Å². The number of halogens is 12. The molecule has 0 amide bonds. The van der Waals surface area contributed by atoms with Gasteiger partial charge in [-0.05, 0) is 123 Å². The second-order valence-electron chi connectivity index (χ2n) is 18.2. The Labute approximate surface area is 311 Å². The Bertz CT molecular complexity index is 1400. The topological polar surface area (TPSA) is 91.3 Å². The van der Waals surface area contributed by atoms with Crippen LogP contribution in [-0.2, 0) is 28.5 Å². The number of aliphatic hydroxyl groups is 1. The molecule has 2 aliphatic heterocycles. The first-order valence-electron chi connectivity index (χ1n) is 18.2. The highest BCUT2D eigenvalue weighted by Crippen LogP contribution is 2.63. The van der Waals surface area contributed by atoms with Crippen LogP contribution in [0.25, 0.3) is 0 Å². The number of alkyl halides is 12. The zero-order chi connectivity index (χ0) is 42.3. The van der Waals surface area contributed by atoms with Crippen LogP contribution in [0.5, 0.6) is 0 Å². The van der Waals surface area contributed by atoms with Crippen molar-refractivity contribution in [2.75, 3.05) is 6.61 Å². The van der Waals surface area contributed by atoms with Gasteiger partial charge < -0.3 is 24.1 Å². The van der Waals surface area contributed by atoms with Crippen LogP contribution in [0, 0.1) is 46.3 Å². The molecule has 2 aliphatic carbocycles. The Morgan fingerprint density at radius 1 is 0.655 bits per heavy atom. The van der Waals surface area contributed by atoms with Gasteiger partial charge in [0.15, 0.2) is 10.8 Å². The van der Waals surface area contributed by atoms with E-state index in [2.05, 4.69) is 0 Å². The molecule has 7 nitrogen and oxygen atoms in total. The molecular weight excluding hydrogens is 772 g/mol. The highest BCUT2D eigenvalue weighted by Gasteiger charge is 2.74. The maximum absolute atomic E-state index is 15.9. The Morgan fingerprint density at radius 2 is 1.18 bits per heavy atom. The summed E-state index contributed by atoms with van der Waals surface area (Å²) in [5, 5.41) is 9.95. The van der Waals surface area contributed by atoms with E-state index >= 15 is 13.2 Å². The van der Waals surface area contributed by atoms with Gasteiger partial charge in [-0.3, -0.25) is 9.59 Å². The Balaban J connectivity index is 1.75. The lowest BCUT2D eigenvalue weighted by atomic mass is 9.63. The summed E-state index contributed by atoms with van der Waals surface area (Å²) >= 11 is 0. The van der Waals surface area contributed by atoms with Gasteiger partial charge in [0.1, 0.15) is 11.2 Å². The first-order chi connectivity index (χ1) is 24.5. The lowest BCUT2D eigenvalue weighted by Gasteiger charge is -2.49. The summed E-state index contributed by atoms with van der Waals surface area (Å²) in [5.41, 5.74) is -15.0. The number of fused-ring (bicyclic) bond motifs is 5. The molecule has 0 aromatic carbocycles. The molecule has 0 radical (unpaired) electrons. The molecular formula is C36H50F12O7. The van der Waals surface area contributed by atoms with Gasteiger partial charge in [0, 0.05) is 12.5 Å². The fourth-order valence-electron chi connectivity index (χ4n) is 9.28. The van der Waals surface area contributed by atoms with Crippen LogP contribution in [0.3, 0.4) is 0 Å². The first kappa shape index (κ1) is 45.7. The summed E-state index contributed by atoms with van der Waals surface area (Å²) in [6.45, 7) is 9.19. The quantitative estimate of drug-likeness (QED) is 0.183. The third-order valence-electron chi connectivity index (χ3n) is 12.1. The van der Waals surface area contributed by atoms with E-state index in [4.69, 9.17) is 18.9 Å². The fourth-order valence-corrected chi connectivity index (χ4v) is 9.28. The van der Waals surface area contributed by atoms with Crippen molar-refractivity contribution in [1.82, 2.24) is 0 Å². The van der Waals surface area contributed by atoms with Crippen molar-refractivity contribution in [3.05, 3.63) is 0 Å². The van der Waals surface area contributed by atoms with Crippen molar-refractivity contribution in [1.29, 1.82) is 0 Å². The van der Waals surface area contributed by atoms with E-state index in [0.717, 1.165) is 0 Å². The average Bonchev–Trinajstić information content (AvgIpc) is 3.67. The van der Waals surface area contributed by atoms with Crippen LogP contribution in [0.2, 0.25) is 0 Å². The zero-order valence-corrected chi connectivity index (χ0v) is 31.8. The van der Waals surface area contributed by atoms with Crippen LogP contribution in [0.15, 0.2) is 0 Å². The van der Waals surface area contributed by atoms with Crippen LogP contribution >= 0.6 is 0 Å². The summed E-state index contributed by atoms with van der Waals surface area (Å²) in [6, 6.07) is 0. The summed E-state index contributed by atoms with van der Waals surface area (Å²) in [6.07, 6.45) is -32.5. The van der Waals surface area contributed by atoms with Gasteiger partial charge in [0.25, 0.3) is 5.60 Å². The molecule has 0 spiro atoms. The minimum atomic E-state index is -6.08. The normalized spacial score (nSPS) is 33.1. The first-order valence-corrected chi connectivity index (χ1v) is 18.2. The second kappa shape index (κ2) is 14.4. The number of hydrogen-bond donors (Lipinski definition) is 1. The van der Waals surface area contributed by atoms with Crippen molar-refractivity contribution >= 4 is 11.9 Å². The number of hydrogen-bond acceptors (Lipinski definition) is 7. The van der Waals surface area contributed by atoms with E-state index < -0.39 is 150 Å². The molecule has 1 N–H and O–H groups in total. The maximum Gasteiger partial charge on any atom is 0.426 e. The van der Waals surface area contributed by atoms with E-state index in [1.165, 1.54) is 48.5 Å². The van der Waals surface area contributed by atoms with E-state index in [0.29, 0.717) is 6.92 Å². The minimum Gasteiger partial charge on any atom is -0.459 e. The Hall–Kier alpha value is -2.02. The maximum atomic E-state index is 15.9. The molecule has 320 valence electrons. The van der Waals surface area contributed by atoms with Gasteiger partial charge in [-0.15, -0.1) is 0 Å². The summed E-state index contributed by atoms with van der Waals surface area (Å²) in [7, 11) is 0. The van der Waals surface area contributed by atoms with E-state index in [1.807, 2.05) is 0 Å². The molecule has 2 saturated carbocycles. The summed E-state index contributed by atoms with van der Waals surface area (Å²) < 4.78 is 196. The highest BCUT2D eigenvalue weighted by molar-refractivity contribution is 5.80. The Kier molecular flexibility index (Phi) is 11.9. The van der Waals surface area contributed by atoms with Gasteiger partial charge in [-0.2, -0.15) is 52.7 Å². The van der Waals surface area contributed by atoms with Crippen molar-refractivity contribution in [2.24, 2.45) is 46.3 Å². The molecule has 11 unspecified atom stereocenters. The molecule has 4 fully saturated rings.